The van der Waals surface area contributed by atoms with Crippen molar-refractivity contribution in [3.05, 3.63) is 63.7 Å². The van der Waals surface area contributed by atoms with Crippen LogP contribution in [0.15, 0.2) is 0 Å². The van der Waals surface area contributed by atoms with Gasteiger partial charge in [-0.3, -0.25) is 0 Å². The second-order valence-electron chi connectivity index (χ2n) is 2.79. The molecule has 0 spiro atoms. The summed E-state index contributed by atoms with van der Waals surface area (Å²) in [5, 5.41) is 0. The molecular weight excluding hydrogens is 214 g/mol. The molecule has 0 atom stereocenters. The summed E-state index contributed by atoms with van der Waals surface area (Å²) in [7, 11) is 0. The summed E-state index contributed by atoms with van der Waals surface area (Å²) in [6, 6.07) is 0. The Morgan fingerprint density at radius 2 is 1.21 bits per heavy atom. The maximum absolute atomic E-state index is 5.32. The molecule has 2 saturated carbocycles. The number of hydrogen-bond acceptors (Lipinski definition) is 1. The van der Waals surface area contributed by atoms with Crippen molar-refractivity contribution in [1.29, 1.82) is 0 Å². The van der Waals surface area contributed by atoms with E-state index < -0.39 is 0 Å². The monoisotopic (exact) mass is 229 g/mol. The molecular formula is C12H15FeN. The van der Waals surface area contributed by atoms with E-state index in [1.807, 2.05) is 44.9 Å². The summed E-state index contributed by atoms with van der Waals surface area (Å²) in [6.07, 6.45) is 19.3. The summed E-state index contributed by atoms with van der Waals surface area (Å²) in [5.74, 6) is 1.34. The molecule has 10 radical (unpaired) electrons. The Bertz CT molecular complexity index is 99.3. The molecule has 0 aromatic carbocycles. The minimum absolute atomic E-state index is 0. The zero-order valence-corrected chi connectivity index (χ0v) is 9.15. The van der Waals surface area contributed by atoms with Crippen molar-refractivity contribution in [2.45, 2.75) is 6.42 Å². The van der Waals surface area contributed by atoms with Crippen molar-refractivity contribution >= 4 is 0 Å². The minimum atomic E-state index is 0. The maximum atomic E-state index is 5.32. The predicted molar refractivity (Wildman–Crippen MR) is 55.6 cm³/mol. The van der Waals surface area contributed by atoms with Gasteiger partial charge in [-0.2, -0.15) is 0 Å². The second-order valence-corrected chi connectivity index (χ2v) is 2.79. The van der Waals surface area contributed by atoms with E-state index in [-0.39, 0.29) is 17.1 Å². The molecule has 76 valence electrons. The number of hydrogen-bond donors (Lipinski definition) is 1. The SMILES string of the molecule is NCC[C]1[CH][CH][CH][CH]1.[CH]1[CH][CH][CH][CH]1.[Fe]. The maximum Gasteiger partial charge on any atom is 0 e. The fourth-order valence-electron chi connectivity index (χ4n) is 1.07. The Morgan fingerprint density at radius 3 is 1.57 bits per heavy atom. The van der Waals surface area contributed by atoms with E-state index >= 15 is 0 Å². The van der Waals surface area contributed by atoms with Crippen molar-refractivity contribution in [3.8, 4) is 0 Å². The van der Waals surface area contributed by atoms with Crippen molar-refractivity contribution < 1.29 is 17.1 Å². The Balaban J connectivity index is 0.000000246. The van der Waals surface area contributed by atoms with E-state index in [1.54, 1.807) is 0 Å². The summed E-state index contributed by atoms with van der Waals surface area (Å²) >= 11 is 0. The van der Waals surface area contributed by atoms with Crippen LogP contribution in [0.4, 0.5) is 0 Å². The zero-order chi connectivity index (χ0) is 9.36. The molecule has 0 heterocycles. The van der Waals surface area contributed by atoms with Gasteiger partial charge in [-0.25, -0.2) is 0 Å². The molecule has 0 unspecified atom stereocenters. The van der Waals surface area contributed by atoms with E-state index in [1.165, 1.54) is 5.92 Å². The molecule has 0 amide bonds. The molecule has 0 aromatic rings. The molecule has 2 fully saturated rings. The van der Waals surface area contributed by atoms with Crippen LogP contribution in [-0.4, -0.2) is 6.54 Å². The van der Waals surface area contributed by atoms with Crippen LogP contribution in [-0.2, 0) is 17.1 Å². The third-order valence-corrected chi connectivity index (χ3v) is 1.72. The van der Waals surface area contributed by atoms with Crippen LogP contribution in [0.25, 0.3) is 0 Å². The van der Waals surface area contributed by atoms with Crippen LogP contribution < -0.4 is 5.73 Å². The largest absolute Gasteiger partial charge is 0.330 e. The van der Waals surface area contributed by atoms with Gasteiger partial charge in [0.25, 0.3) is 0 Å². The Hall–Kier alpha value is 0.479. The van der Waals surface area contributed by atoms with Crippen molar-refractivity contribution in [2.24, 2.45) is 5.73 Å². The van der Waals surface area contributed by atoms with Gasteiger partial charge >= 0.3 is 0 Å². The molecule has 14 heavy (non-hydrogen) atoms. The topological polar surface area (TPSA) is 26.0 Å². The summed E-state index contributed by atoms with van der Waals surface area (Å²) in [6.45, 7) is 0.754. The molecule has 0 saturated heterocycles. The quantitative estimate of drug-likeness (QED) is 0.717. The standard InChI is InChI=1S/C7H10N.C5H5.Fe/c8-6-5-7-3-1-2-4-7;1-2-4-5-3-1;/h1-4H,5-6,8H2;1-5H;. The molecule has 1 nitrogen and oxygen atoms in total. The van der Waals surface area contributed by atoms with E-state index in [4.69, 9.17) is 5.73 Å². The first-order valence-electron chi connectivity index (χ1n) is 4.51. The van der Waals surface area contributed by atoms with Crippen molar-refractivity contribution in [3.63, 3.8) is 0 Å². The van der Waals surface area contributed by atoms with E-state index in [0.29, 0.717) is 0 Å². The van der Waals surface area contributed by atoms with Gasteiger partial charge in [0.15, 0.2) is 0 Å². The van der Waals surface area contributed by atoms with Crippen LogP contribution in [0, 0.1) is 63.7 Å². The van der Waals surface area contributed by atoms with Gasteiger partial charge in [0, 0.05) is 17.1 Å². The third-order valence-electron chi connectivity index (χ3n) is 1.72. The summed E-state index contributed by atoms with van der Waals surface area (Å²) < 4.78 is 0. The van der Waals surface area contributed by atoms with E-state index in [2.05, 4.69) is 12.8 Å². The first-order valence-corrected chi connectivity index (χ1v) is 4.51. The normalized spacial score (nSPS) is 21.2. The van der Waals surface area contributed by atoms with Gasteiger partial charge < -0.3 is 5.73 Å². The fourth-order valence-corrected chi connectivity index (χ4v) is 1.07. The van der Waals surface area contributed by atoms with Crippen LogP contribution in [0.1, 0.15) is 6.42 Å². The summed E-state index contributed by atoms with van der Waals surface area (Å²) in [4.78, 5) is 0. The molecule has 0 bridgehead atoms. The van der Waals surface area contributed by atoms with Crippen LogP contribution in [0.2, 0.25) is 0 Å². The van der Waals surface area contributed by atoms with Gasteiger partial charge in [0.1, 0.15) is 0 Å². The molecule has 0 aliphatic heterocycles. The van der Waals surface area contributed by atoms with Gasteiger partial charge in [0.2, 0.25) is 0 Å². The zero-order valence-electron chi connectivity index (χ0n) is 8.04. The second kappa shape index (κ2) is 10.0. The molecule has 2 heteroatoms. The Kier molecular flexibility index (Phi) is 10.4. The Morgan fingerprint density at radius 1 is 0.786 bits per heavy atom. The predicted octanol–water partition coefficient (Wildman–Crippen LogP) is 1.76. The van der Waals surface area contributed by atoms with Crippen LogP contribution in [0.5, 0.6) is 0 Å². The number of rotatable bonds is 2. The molecule has 2 aliphatic rings. The third kappa shape index (κ3) is 6.86. The van der Waals surface area contributed by atoms with Gasteiger partial charge in [-0.1, -0.05) is 0 Å². The smallest absolute Gasteiger partial charge is 0 e. The summed E-state index contributed by atoms with van der Waals surface area (Å²) in [5.41, 5.74) is 5.32. The average Bonchev–Trinajstić information content (AvgIpc) is 2.79. The van der Waals surface area contributed by atoms with Crippen LogP contribution >= 0.6 is 0 Å². The van der Waals surface area contributed by atoms with Crippen molar-refractivity contribution in [2.75, 3.05) is 6.54 Å². The fraction of sp³-hybridized carbons (Fsp3) is 0.167. The molecule has 2 N–H and O–H groups in total. The Labute approximate surface area is 99.7 Å². The average molecular weight is 229 g/mol. The van der Waals surface area contributed by atoms with Gasteiger partial charge in [-0.05, 0) is 76.7 Å². The van der Waals surface area contributed by atoms with E-state index in [9.17, 15) is 0 Å². The van der Waals surface area contributed by atoms with Gasteiger partial charge in [-0.15, -0.1) is 0 Å². The van der Waals surface area contributed by atoms with Crippen LogP contribution in [0.3, 0.4) is 0 Å². The van der Waals surface area contributed by atoms with E-state index in [0.717, 1.165) is 13.0 Å². The van der Waals surface area contributed by atoms with Crippen molar-refractivity contribution in [1.82, 2.24) is 0 Å². The first kappa shape index (κ1) is 14.5. The first-order chi connectivity index (χ1) is 6.43. The molecule has 0 aromatic heterocycles. The minimum Gasteiger partial charge on any atom is -0.330 e. The number of nitrogens with two attached hydrogens (primary N) is 1. The molecule has 2 aliphatic carbocycles. The molecule has 2 rings (SSSR count). The van der Waals surface area contributed by atoms with Gasteiger partial charge in [0.05, 0.1) is 0 Å².